The monoisotopic (exact) mass is 344 g/mol. The largest absolute Gasteiger partial charge is 0.483 e. The molecule has 3 rings (SSSR count). The molecular weight excluding hydrogens is 327 g/mol. The van der Waals surface area contributed by atoms with Gasteiger partial charge in [0, 0.05) is 0 Å². The van der Waals surface area contributed by atoms with Gasteiger partial charge in [0.05, 0.1) is 10.2 Å². The fourth-order valence-corrected chi connectivity index (χ4v) is 3.30. The lowest BCUT2D eigenvalue weighted by Gasteiger charge is -2.13. The molecule has 1 N–H and O–H groups in total. The van der Waals surface area contributed by atoms with E-state index in [2.05, 4.69) is 10.3 Å². The number of nitrogens with zero attached hydrogens (tertiary/aromatic N) is 1. The molecule has 0 saturated heterocycles. The highest BCUT2D eigenvalue weighted by molar-refractivity contribution is 7.22. The number of aryl methyl sites for hydroxylation is 2. The van der Waals surface area contributed by atoms with E-state index in [4.69, 9.17) is 4.74 Å². The summed E-state index contributed by atoms with van der Waals surface area (Å²) in [5.41, 5.74) is 3.78. The Labute approximate surface area is 143 Å². The molecule has 0 radical (unpaired) electrons. The molecule has 2 aromatic carbocycles. The van der Waals surface area contributed by atoms with Crippen molar-refractivity contribution < 1.29 is 13.9 Å². The molecule has 3 aromatic rings. The Kier molecular flexibility index (Phi) is 4.49. The number of hydrogen-bond acceptors (Lipinski definition) is 4. The number of benzene rings is 2. The van der Waals surface area contributed by atoms with Crippen LogP contribution < -0.4 is 10.1 Å². The summed E-state index contributed by atoms with van der Waals surface area (Å²) in [6.45, 7) is 5.82. The van der Waals surface area contributed by atoms with E-state index in [1.165, 1.54) is 23.5 Å². The van der Waals surface area contributed by atoms with Crippen LogP contribution in [0.15, 0.2) is 30.3 Å². The minimum absolute atomic E-state index is 0.102. The maximum Gasteiger partial charge on any atom is 0.264 e. The molecular formula is C18H17FN2O2S. The Hall–Kier alpha value is -2.47. The molecule has 0 bridgehead atoms. The molecule has 0 fully saturated rings. The number of carbonyl (C=O) groups is 1. The second kappa shape index (κ2) is 6.57. The summed E-state index contributed by atoms with van der Waals surface area (Å²) in [7, 11) is 0. The van der Waals surface area contributed by atoms with E-state index in [0.29, 0.717) is 15.3 Å². The van der Waals surface area contributed by atoms with Gasteiger partial charge in [0.2, 0.25) is 0 Å². The highest BCUT2D eigenvalue weighted by Crippen LogP contribution is 2.27. The van der Waals surface area contributed by atoms with Crippen LogP contribution in [0.25, 0.3) is 10.2 Å². The third kappa shape index (κ3) is 3.38. The zero-order valence-corrected chi connectivity index (χ0v) is 14.5. The van der Waals surface area contributed by atoms with Crippen molar-refractivity contribution in [3.05, 3.63) is 52.8 Å². The van der Waals surface area contributed by atoms with Gasteiger partial charge in [-0.3, -0.25) is 10.1 Å². The van der Waals surface area contributed by atoms with Crippen molar-refractivity contribution in [3.63, 3.8) is 0 Å². The Morgan fingerprint density at radius 3 is 2.75 bits per heavy atom. The molecule has 0 aliphatic carbocycles. The maximum atomic E-state index is 13.2. The molecule has 0 atom stereocenters. The first kappa shape index (κ1) is 16.4. The van der Waals surface area contributed by atoms with E-state index < -0.39 is 0 Å². The highest BCUT2D eigenvalue weighted by atomic mass is 32.1. The number of anilines is 1. The van der Waals surface area contributed by atoms with Gasteiger partial charge >= 0.3 is 0 Å². The van der Waals surface area contributed by atoms with Gasteiger partial charge in [0.1, 0.15) is 11.6 Å². The minimum Gasteiger partial charge on any atom is -0.483 e. The van der Waals surface area contributed by atoms with Gasteiger partial charge in [-0.2, -0.15) is 0 Å². The van der Waals surface area contributed by atoms with E-state index in [1.54, 1.807) is 6.07 Å². The van der Waals surface area contributed by atoms with Crippen LogP contribution in [0.1, 0.15) is 16.7 Å². The van der Waals surface area contributed by atoms with Gasteiger partial charge < -0.3 is 4.74 Å². The van der Waals surface area contributed by atoms with Gasteiger partial charge in [-0.05, 0) is 55.7 Å². The van der Waals surface area contributed by atoms with Gasteiger partial charge in [0.15, 0.2) is 11.7 Å². The van der Waals surface area contributed by atoms with Crippen molar-refractivity contribution in [1.29, 1.82) is 0 Å². The summed E-state index contributed by atoms with van der Waals surface area (Å²) in [6.07, 6.45) is 0. The molecule has 1 heterocycles. The van der Waals surface area contributed by atoms with E-state index in [0.717, 1.165) is 22.4 Å². The number of fused-ring (bicyclic) bond motifs is 1. The number of hydrogen-bond donors (Lipinski definition) is 1. The van der Waals surface area contributed by atoms with E-state index in [9.17, 15) is 9.18 Å². The number of aromatic nitrogens is 1. The summed E-state index contributed by atoms with van der Waals surface area (Å²) in [5, 5.41) is 3.13. The van der Waals surface area contributed by atoms with E-state index in [-0.39, 0.29) is 18.3 Å². The van der Waals surface area contributed by atoms with Crippen LogP contribution in [0.4, 0.5) is 9.52 Å². The van der Waals surface area contributed by atoms with Crippen molar-refractivity contribution in [2.75, 3.05) is 11.9 Å². The first-order valence-electron chi connectivity index (χ1n) is 7.49. The molecule has 0 spiro atoms. The summed E-state index contributed by atoms with van der Waals surface area (Å²) < 4.78 is 19.6. The van der Waals surface area contributed by atoms with Crippen LogP contribution in [0.3, 0.4) is 0 Å². The zero-order valence-electron chi connectivity index (χ0n) is 13.6. The average molecular weight is 344 g/mol. The van der Waals surface area contributed by atoms with Crippen molar-refractivity contribution in [1.82, 2.24) is 4.98 Å². The topological polar surface area (TPSA) is 51.2 Å². The highest BCUT2D eigenvalue weighted by Gasteiger charge is 2.12. The van der Waals surface area contributed by atoms with Crippen LogP contribution in [-0.2, 0) is 4.79 Å². The van der Waals surface area contributed by atoms with Gasteiger partial charge in [-0.25, -0.2) is 9.37 Å². The van der Waals surface area contributed by atoms with Crippen LogP contribution in [0, 0.1) is 26.6 Å². The molecule has 1 amide bonds. The van der Waals surface area contributed by atoms with Crippen molar-refractivity contribution in [2.45, 2.75) is 20.8 Å². The Morgan fingerprint density at radius 1 is 1.21 bits per heavy atom. The molecule has 6 heteroatoms. The number of carbonyl (C=O) groups excluding carboxylic acids is 1. The number of rotatable bonds is 4. The van der Waals surface area contributed by atoms with Gasteiger partial charge in [-0.1, -0.05) is 23.5 Å². The van der Waals surface area contributed by atoms with Crippen molar-refractivity contribution in [2.24, 2.45) is 0 Å². The fraction of sp³-hybridized carbons (Fsp3) is 0.222. The Morgan fingerprint density at radius 2 is 1.96 bits per heavy atom. The van der Waals surface area contributed by atoms with Crippen LogP contribution in [-0.4, -0.2) is 17.5 Å². The first-order chi connectivity index (χ1) is 11.4. The van der Waals surface area contributed by atoms with Crippen molar-refractivity contribution in [3.8, 4) is 5.75 Å². The number of thiazole rings is 1. The molecule has 1 aromatic heterocycles. The molecule has 24 heavy (non-hydrogen) atoms. The first-order valence-corrected chi connectivity index (χ1v) is 8.31. The molecule has 4 nitrogen and oxygen atoms in total. The Bertz CT molecular complexity index is 921. The SMILES string of the molecule is Cc1ccc(C)c(OCC(=O)Nc2nc3ccc(F)cc3s2)c1C. The van der Waals surface area contributed by atoms with Gasteiger partial charge in [0.25, 0.3) is 5.91 Å². The number of ether oxygens (including phenoxy) is 1. The summed E-state index contributed by atoms with van der Waals surface area (Å²) in [4.78, 5) is 16.4. The smallest absolute Gasteiger partial charge is 0.264 e. The second-order valence-corrected chi connectivity index (χ2v) is 6.65. The van der Waals surface area contributed by atoms with Crippen LogP contribution in [0.5, 0.6) is 5.75 Å². The minimum atomic E-state index is -0.322. The summed E-state index contributed by atoms with van der Waals surface area (Å²) in [5.74, 6) is 0.115. The zero-order chi connectivity index (χ0) is 17.3. The maximum absolute atomic E-state index is 13.2. The van der Waals surface area contributed by atoms with Crippen LogP contribution >= 0.6 is 11.3 Å². The number of halogens is 1. The van der Waals surface area contributed by atoms with E-state index >= 15 is 0 Å². The third-order valence-corrected chi connectivity index (χ3v) is 4.75. The van der Waals surface area contributed by atoms with Crippen molar-refractivity contribution >= 4 is 32.6 Å². The lowest BCUT2D eigenvalue weighted by Crippen LogP contribution is -2.20. The van der Waals surface area contributed by atoms with Crippen LogP contribution in [0.2, 0.25) is 0 Å². The lowest BCUT2D eigenvalue weighted by atomic mass is 10.1. The Balaban J connectivity index is 1.68. The molecule has 0 aliphatic rings. The molecule has 0 unspecified atom stereocenters. The van der Waals surface area contributed by atoms with E-state index in [1.807, 2.05) is 32.9 Å². The number of nitrogens with one attached hydrogen (secondary N) is 1. The quantitative estimate of drug-likeness (QED) is 0.764. The summed E-state index contributed by atoms with van der Waals surface area (Å²) >= 11 is 1.23. The standard InChI is InChI=1S/C18H17FN2O2S/c1-10-4-5-11(2)17(12(10)3)23-9-16(22)21-18-20-14-7-6-13(19)8-15(14)24-18/h4-8H,9H2,1-3H3,(H,20,21,22). The van der Waals surface area contributed by atoms with Gasteiger partial charge in [-0.15, -0.1) is 0 Å². The lowest BCUT2D eigenvalue weighted by molar-refractivity contribution is -0.118. The summed E-state index contributed by atoms with van der Waals surface area (Å²) in [6, 6.07) is 8.33. The normalized spacial score (nSPS) is 10.8. The predicted molar refractivity (Wildman–Crippen MR) is 94.4 cm³/mol. The molecule has 0 saturated carbocycles. The second-order valence-electron chi connectivity index (χ2n) is 5.62. The third-order valence-electron chi connectivity index (χ3n) is 3.82. The fourth-order valence-electron chi connectivity index (χ4n) is 2.39. The average Bonchev–Trinajstić information content (AvgIpc) is 2.92. The number of amides is 1. The molecule has 0 aliphatic heterocycles. The predicted octanol–water partition coefficient (Wildman–Crippen LogP) is 4.38. The molecule has 124 valence electrons.